The van der Waals surface area contributed by atoms with Gasteiger partial charge >= 0.3 is 0 Å². The SMILES string of the molecule is CCOC(CC)C(O)Cc1ccccc1. The largest absolute Gasteiger partial charge is 0.390 e. The third-order valence-corrected chi connectivity index (χ3v) is 2.50. The van der Waals surface area contributed by atoms with E-state index in [-0.39, 0.29) is 6.10 Å². The van der Waals surface area contributed by atoms with Gasteiger partial charge in [0, 0.05) is 13.0 Å². The van der Waals surface area contributed by atoms with Crippen LogP contribution in [0.25, 0.3) is 0 Å². The number of benzene rings is 1. The van der Waals surface area contributed by atoms with E-state index < -0.39 is 6.10 Å². The van der Waals surface area contributed by atoms with Gasteiger partial charge < -0.3 is 9.84 Å². The highest BCUT2D eigenvalue weighted by atomic mass is 16.5. The number of aliphatic hydroxyl groups excluding tert-OH is 1. The molecular formula is C13H20O2. The summed E-state index contributed by atoms with van der Waals surface area (Å²) in [5.74, 6) is 0. The molecule has 0 aliphatic heterocycles. The van der Waals surface area contributed by atoms with E-state index in [4.69, 9.17) is 4.74 Å². The fourth-order valence-corrected chi connectivity index (χ4v) is 1.70. The molecule has 2 unspecified atom stereocenters. The molecular weight excluding hydrogens is 188 g/mol. The minimum absolute atomic E-state index is 0.0461. The molecule has 1 aromatic carbocycles. The van der Waals surface area contributed by atoms with Gasteiger partial charge in [-0.25, -0.2) is 0 Å². The van der Waals surface area contributed by atoms with Crippen molar-refractivity contribution in [3.8, 4) is 0 Å². The summed E-state index contributed by atoms with van der Waals surface area (Å²) < 4.78 is 5.48. The Morgan fingerprint density at radius 2 is 1.87 bits per heavy atom. The Kier molecular flexibility index (Phi) is 5.37. The van der Waals surface area contributed by atoms with Crippen LogP contribution in [-0.2, 0) is 11.2 Å². The molecule has 0 bridgehead atoms. The average Bonchev–Trinajstić information content (AvgIpc) is 2.27. The van der Waals surface area contributed by atoms with Crippen LogP contribution in [0.2, 0.25) is 0 Å². The van der Waals surface area contributed by atoms with Gasteiger partial charge in [0.1, 0.15) is 0 Å². The molecule has 0 aliphatic rings. The molecule has 0 aromatic heterocycles. The summed E-state index contributed by atoms with van der Waals surface area (Å²) >= 11 is 0. The number of ether oxygens (including phenoxy) is 1. The average molecular weight is 208 g/mol. The first-order valence-electron chi connectivity index (χ1n) is 5.61. The van der Waals surface area contributed by atoms with Crippen molar-refractivity contribution in [1.82, 2.24) is 0 Å². The molecule has 0 saturated heterocycles. The van der Waals surface area contributed by atoms with Crippen molar-refractivity contribution in [3.63, 3.8) is 0 Å². The summed E-state index contributed by atoms with van der Waals surface area (Å²) in [6, 6.07) is 10.0. The standard InChI is InChI=1S/C13H20O2/c1-3-13(15-4-2)12(14)10-11-8-6-5-7-9-11/h5-9,12-14H,3-4,10H2,1-2H3. The Balaban J connectivity index is 2.50. The molecule has 1 N–H and O–H groups in total. The summed E-state index contributed by atoms with van der Waals surface area (Å²) in [6.07, 6.45) is 1.06. The van der Waals surface area contributed by atoms with E-state index >= 15 is 0 Å². The van der Waals surface area contributed by atoms with Crippen LogP contribution < -0.4 is 0 Å². The molecule has 0 fully saturated rings. The molecule has 0 spiro atoms. The van der Waals surface area contributed by atoms with Crippen molar-refractivity contribution in [2.45, 2.75) is 38.9 Å². The first-order valence-corrected chi connectivity index (χ1v) is 5.61. The Bertz CT molecular complexity index is 258. The highest BCUT2D eigenvalue weighted by Gasteiger charge is 2.17. The Morgan fingerprint density at radius 1 is 1.20 bits per heavy atom. The van der Waals surface area contributed by atoms with Crippen LogP contribution in [0.5, 0.6) is 0 Å². The van der Waals surface area contributed by atoms with Gasteiger partial charge in [-0.05, 0) is 18.9 Å². The second-order valence-corrected chi connectivity index (χ2v) is 3.66. The van der Waals surface area contributed by atoms with Crippen LogP contribution in [0.15, 0.2) is 30.3 Å². The molecule has 2 atom stereocenters. The predicted molar refractivity (Wildman–Crippen MR) is 61.9 cm³/mol. The second-order valence-electron chi connectivity index (χ2n) is 3.66. The topological polar surface area (TPSA) is 29.5 Å². The minimum atomic E-state index is -0.405. The van der Waals surface area contributed by atoms with E-state index in [2.05, 4.69) is 0 Å². The maximum atomic E-state index is 9.97. The summed E-state index contributed by atoms with van der Waals surface area (Å²) in [5, 5.41) is 9.97. The quantitative estimate of drug-likeness (QED) is 0.778. The van der Waals surface area contributed by atoms with E-state index in [1.807, 2.05) is 44.2 Å². The van der Waals surface area contributed by atoms with Gasteiger partial charge in [0.05, 0.1) is 12.2 Å². The summed E-state index contributed by atoms with van der Waals surface area (Å²) in [7, 11) is 0. The highest BCUT2D eigenvalue weighted by molar-refractivity contribution is 5.15. The predicted octanol–water partition coefficient (Wildman–Crippen LogP) is 2.41. The first kappa shape index (κ1) is 12.2. The maximum Gasteiger partial charge on any atom is 0.0841 e. The molecule has 0 radical (unpaired) electrons. The van der Waals surface area contributed by atoms with Crippen LogP contribution in [0.1, 0.15) is 25.8 Å². The van der Waals surface area contributed by atoms with Gasteiger partial charge in [0.25, 0.3) is 0 Å². The van der Waals surface area contributed by atoms with Crippen molar-refractivity contribution in [2.24, 2.45) is 0 Å². The summed E-state index contributed by atoms with van der Waals surface area (Å²) in [5.41, 5.74) is 1.16. The van der Waals surface area contributed by atoms with E-state index in [9.17, 15) is 5.11 Å². The lowest BCUT2D eigenvalue weighted by molar-refractivity contribution is -0.0334. The lowest BCUT2D eigenvalue weighted by atomic mass is 10.0. The van der Waals surface area contributed by atoms with Crippen molar-refractivity contribution in [1.29, 1.82) is 0 Å². The molecule has 0 saturated carbocycles. The number of hydrogen-bond acceptors (Lipinski definition) is 2. The van der Waals surface area contributed by atoms with Gasteiger partial charge in [-0.1, -0.05) is 37.3 Å². The summed E-state index contributed by atoms with van der Waals surface area (Å²) in [6.45, 7) is 4.65. The van der Waals surface area contributed by atoms with Crippen molar-refractivity contribution < 1.29 is 9.84 Å². The zero-order valence-electron chi connectivity index (χ0n) is 9.52. The normalized spacial score (nSPS) is 14.9. The number of rotatable bonds is 6. The van der Waals surface area contributed by atoms with E-state index in [1.54, 1.807) is 0 Å². The molecule has 1 rings (SSSR count). The number of hydrogen-bond donors (Lipinski definition) is 1. The summed E-state index contributed by atoms with van der Waals surface area (Å²) in [4.78, 5) is 0. The monoisotopic (exact) mass is 208 g/mol. The van der Waals surface area contributed by atoms with E-state index in [0.717, 1.165) is 12.0 Å². The zero-order chi connectivity index (χ0) is 11.1. The zero-order valence-corrected chi connectivity index (χ0v) is 9.52. The van der Waals surface area contributed by atoms with E-state index in [1.165, 1.54) is 0 Å². The number of aliphatic hydroxyl groups is 1. The Hall–Kier alpha value is -0.860. The molecule has 0 heterocycles. The minimum Gasteiger partial charge on any atom is -0.390 e. The van der Waals surface area contributed by atoms with Gasteiger partial charge in [0.2, 0.25) is 0 Å². The molecule has 15 heavy (non-hydrogen) atoms. The van der Waals surface area contributed by atoms with Crippen molar-refractivity contribution in [3.05, 3.63) is 35.9 Å². The molecule has 84 valence electrons. The molecule has 2 nitrogen and oxygen atoms in total. The Labute approximate surface area is 91.9 Å². The molecule has 0 amide bonds. The second kappa shape index (κ2) is 6.59. The van der Waals surface area contributed by atoms with Crippen LogP contribution in [0.3, 0.4) is 0 Å². The fourth-order valence-electron chi connectivity index (χ4n) is 1.70. The smallest absolute Gasteiger partial charge is 0.0841 e. The van der Waals surface area contributed by atoms with Crippen LogP contribution in [0, 0.1) is 0 Å². The fraction of sp³-hybridized carbons (Fsp3) is 0.538. The molecule has 2 heteroatoms. The Morgan fingerprint density at radius 3 is 2.40 bits per heavy atom. The van der Waals surface area contributed by atoms with Crippen LogP contribution >= 0.6 is 0 Å². The third kappa shape index (κ3) is 4.02. The first-order chi connectivity index (χ1) is 7.27. The van der Waals surface area contributed by atoms with Crippen molar-refractivity contribution >= 4 is 0 Å². The van der Waals surface area contributed by atoms with E-state index in [0.29, 0.717) is 13.0 Å². The lowest BCUT2D eigenvalue weighted by Gasteiger charge is -2.21. The maximum absolute atomic E-state index is 9.97. The lowest BCUT2D eigenvalue weighted by Crippen LogP contribution is -2.30. The van der Waals surface area contributed by atoms with Crippen LogP contribution in [0.4, 0.5) is 0 Å². The van der Waals surface area contributed by atoms with Gasteiger partial charge in [-0.2, -0.15) is 0 Å². The highest BCUT2D eigenvalue weighted by Crippen LogP contribution is 2.10. The molecule has 0 aliphatic carbocycles. The van der Waals surface area contributed by atoms with Gasteiger partial charge in [-0.3, -0.25) is 0 Å². The van der Waals surface area contributed by atoms with Crippen LogP contribution in [-0.4, -0.2) is 23.9 Å². The van der Waals surface area contributed by atoms with Crippen molar-refractivity contribution in [2.75, 3.05) is 6.61 Å². The van der Waals surface area contributed by atoms with Gasteiger partial charge in [-0.15, -0.1) is 0 Å². The third-order valence-electron chi connectivity index (χ3n) is 2.50. The van der Waals surface area contributed by atoms with Gasteiger partial charge in [0.15, 0.2) is 0 Å². The molecule has 1 aromatic rings.